The number of fused-ring (bicyclic) bond motifs is 7. The second-order valence-corrected chi connectivity index (χ2v) is 14.8. The van der Waals surface area contributed by atoms with Gasteiger partial charge in [-0.2, -0.15) is 0 Å². The average Bonchev–Trinajstić information content (AvgIpc) is 3.47. The first-order chi connectivity index (χ1) is 21.7. The molecule has 6 fully saturated rings. The minimum Gasteiger partial charge on any atom is -0.336 e. The van der Waals surface area contributed by atoms with Crippen LogP contribution < -0.4 is 26.9 Å². The number of halogens is 2. The number of alkyl halides is 2. The fraction of sp³-hybridized carbons (Fsp3) is 0.812. The molecule has 11 unspecified atom stereocenters. The molecule has 0 aromatic rings. The molecule has 11 nitrogen and oxygen atoms in total. The molecule has 12 atom stereocenters. The van der Waals surface area contributed by atoms with Gasteiger partial charge in [0.05, 0.1) is 24.4 Å². The van der Waals surface area contributed by atoms with Gasteiger partial charge >= 0.3 is 6.03 Å². The molecule has 7 aliphatic rings. The molecule has 2 bridgehead atoms. The van der Waals surface area contributed by atoms with Crippen molar-refractivity contribution in [1.29, 1.82) is 0 Å². The molecule has 5 N–H and O–H groups in total. The molecule has 7 rings (SSSR count). The van der Waals surface area contributed by atoms with Crippen LogP contribution in [-0.4, -0.2) is 113 Å². The van der Waals surface area contributed by atoms with E-state index in [1.807, 2.05) is 11.1 Å². The number of piperidine rings is 2. The number of hydrogen-bond donors (Lipinski definition) is 5. The fourth-order valence-electron chi connectivity index (χ4n) is 9.93. The van der Waals surface area contributed by atoms with Crippen molar-refractivity contribution >= 4 is 11.9 Å². The molecule has 0 aromatic heterocycles. The number of carbonyl (C=O) groups excluding carboxylic acids is 2. The lowest BCUT2D eigenvalue weighted by Gasteiger charge is -2.60. The zero-order valence-electron chi connectivity index (χ0n) is 26.8. The number of hydrogen-bond acceptors (Lipinski definition) is 8. The largest absolute Gasteiger partial charge is 0.336 e. The van der Waals surface area contributed by atoms with Crippen LogP contribution in [0.4, 0.5) is 13.6 Å². The summed E-state index contributed by atoms with van der Waals surface area (Å²) in [5.41, 5.74) is 7.50. The van der Waals surface area contributed by atoms with Gasteiger partial charge in [-0.15, -0.1) is 5.53 Å². The van der Waals surface area contributed by atoms with E-state index in [1.54, 1.807) is 4.90 Å². The summed E-state index contributed by atoms with van der Waals surface area (Å²) < 4.78 is 32.9. The molecule has 13 heteroatoms. The zero-order valence-corrected chi connectivity index (χ0v) is 26.8. The van der Waals surface area contributed by atoms with Crippen LogP contribution >= 0.6 is 0 Å². The highest BCUT2D eigenvalue weighted by atomic mass is 19.1. The molecule has 45 heavy (non-hydrogen) atoms. The van der Waals surface area contributed by atoms with Gasteiger partial charge in [0, 0.05) is 61.5 Å². The predicted octanol–water partition coefficient (Wildman–Crippen LogP) is 1.78. The van der Waals surface area contributed by atoms with Crippen molar-refractivity contribution in [2.24, 2.45) is 23.7 Å². The molecular formula is C32H51F2N9O2. The van der Waals surface area contributed by atoms with Crippen LogP contribution in [0.2, 0.25) is 0 Å². The second kappa shape index (κ2) is 12.3. The number of urea groups is 1. The Kier molecular flexibility index (Phi) is 8.49. The Balaban J connectivity index is 1.29. The van der Waals surface area contributed by atoms with Gasteiger partial charge in [0.25, 0.3) is 0 Å². The third kappa shape index (κ3) is 5.31. The van der Waals surface area contributed by atoms with Crippen molar-refractivity contribution in [1.82, 2.24) is 46.6 Å². The summed E-state index contributed by atoms with van der Waals surface area (Å²) in [5, 5.41) is 12.9. The smallest absolute Gasteiger partial charge is 0.320 e. The molecule has 6 heterocycles. The Hall–Kier alpha value is -2.48. The van der Waals surface area contributed by atoms with Crippen molar-refractivity contribution in [2.75, 3.05) is 26.2 Å². The van der Waals surface area contributed by atoms with Gasteiger partial charge in [-0.25, -0.2) is 13.6 Å². The molecule has 5 saturated heterocycles. The van der Waals surface area contributed by atoms with E-state index in [0.29, 0.717) is 26.1 Å². The fourth-order valence-corrected chi connectivity index (χ4v) is 9.93. The topological polar surface area (TPSA) is 107 Å². The number of rotatable bonds is 3. The monoisotopic (exact) mass is 631 g/mol. The van der Waals surface area contributed by atoms with E-state index in [1.165, 1.54) is 6.08 Å². The minimum absolute atomic E-state index is 0.0406. The van der Waals surface area contributed by atoms with E-state index in [-0.39, 0.29) is 60.3 Å². The predicted molar refractivity (Wildman–Crippen MR) is 166 cm³/mol. The first-order valence-electron chi connectivity index (χ1n) is 17.2. The van der Waals surface area contributed by atoms with Crippen LogP contribution in [0.15, 0.2) is 24.6 Å². The zero-order chi connectivity index (χ0) is 31.6. The van der Waals surface area contributed by atoms with Crippen LogP contribution in [0.5, 0.6) is 0 Å². The highest BCUT2D eigenvalue weighted by molar-refractivity contribution is 5.87. The third-order valence-electron chi connectivity index (χ3n) is 12.0. The standard InChI is InChI=1S/C32H51F2N9O2/c1-5-25(44)40-11-12-41(18(4)16-40)30-21-14-23(34)28-26-22(33)7-6-8-24(26)43-20(15-36-39-43)13-19-9-10-35-27(17(2)3)29(19)42(31(21)37-28)32(45)38-30/h5,15,17-19,21-24,26-31,35-37,39H,1,6-14,16H2,2-4H3,(H,38,45)/t18-,19?,21?,22?,23?,24?,26?,27?,28?,29?,30?,31?/m0/s1. The SMILES string of the molecule is C=CC(=O)N1CCN(C2NC(=O)N3C4NC(C(F)CC42)C2C(F)CCCC2N2NNC=C2CC2CCNC(C(C)C)C23)[C@@H](C)C1. The molecule has 6 aliphatic heterocycles. The highest BCUT2D eigenvalue weighted by Crippen LogP contribution is 2.45. The summed E-state index contributed by atoms with van der Waals surface area (Å²) in [7, 11) is 0. The molecule has 1 saturated carbocycles. The first-order valence-corrected chi connectivity index (χ1v) is 17.2. The van der Waals surface area contributed by atoms with Gasteiger partial charge in [-0.1, -0.05) is 20.4 Å². The number of hydrazine groups is 2. The molecule has 250 valence electrons. The molecule has 3 amide bonds. The van der Waals surface area contributed by atoms with Crippen molar-refractivity contribution in [3.05, 3.63) is 24.6 Å². The summed E-state index contributed by atoms with van der Waals surface area (Å²) in [6.45, 7) is 12.5. The van der Waals surface area contributed by atoms with Gasteiger partial charge in [-0.3, -0.25) is 20.0 Å². The lowest BCUT2D eigenvalue weighted by atomic mass is 9.72. The average molecular weight is 632 g/mol. The number of piperazine rings is 1. The maximum atomic E-state index is 16.7. The number of amides is 3. The highest BCUT2D eigenvalue weighted by Gasteiger charge is 2.58. The molecular weight excluding hydrogens is 580 g/mol. The first kappa shape index (κ1) is 31.1. The van der Waals surface area contributed by atoms with Gasteiger partial charge in [0.1, 0.15) is 12.3 Å². The lowest BCUT2D eigenvalue weighted by Crippen LogP contribution is -2.80. The molecule has 0 aromatic carbocycles. The van der Waals surface area contributed by atoms with Gasteiger partial charge in [0.15, 0.2) is 0 Å². The van der Waals surface area contributed by atoms with Crippen molar-refractivity contribution in [2.45, 2.75) is 114 Å². The van der Waals surface area contributed by atoms with Crippen LogP contribution in [0.3, 0.4) is 0 Å². The number of allylic oxidation sites excluding steroid dienone is 1. The van der Waals surface area contributed by atoms with E-state index < -0.39 is 36.6 Å². The summed E-state index contributed by atoms with van der Waals surface area (Å²) in [6.07, 6.45) is 3.84. The van der Waals surface area contributed by atoms with E-state index in [0.717, 1.165) is 37.9 Å². The summed E-state index contributed by atoms with van der Waals surface area (Å²) in [6, 6.07) is -1.22. The Morgan fingerprint density at radius 2 is 1.96 bits per heavy atom. The lowest BCUT2D eigenvalue weighted by molar-refractivity contribution is -0.132. The van der Waals surface area contributed by atoms with Crippen LogP contribution in [0.1, 0.15) is 59.3 Å². The Morgan fingerprint density at radius 3 is 2.71 bits per heavy atom. The Labute approximate surface area is 265 Å². The van der Waals surface area contributed by atoms with E-state index >= 15 is 8.78 Å². The van der Waals surface area contributed by atoms with Gasteiger partial charge in [0.2, 0.25) is 5.91 Å². The number of carbonyl (C=O) groups is 2. The van der Waals surface area contributed by atoms with Gasteiger partial charge < -0.3 is 25.9 Å². The van der Waals surface area contributed by atoms with Crippen molar-refractivity contribution < 1.29 is 18.4 Å². The van der Waals surface area contributed by atoms with Crippen LogP contribution in [0, 0.1) is 23.7 Å². The third-order valence-corrected chi connectivity index (χ3v) is 12.0. The number of nitrogens with one attached hydrogen (secondary N) is 5. The summed E-state index contributed by atoms with van der Waals surface area (Å²) >= 11 is 0. The maximum absolute atomic E-state index is 16.7. The second-order valence-electron chi connectivity index (χ2n) is 14.8. The molecule has 1 aliphatic carbocycles. The summed E-state index contributed by atoms with van der Waals surface area (Å²) in [5.74, 6) is -0.503. The van der Waals surface area contributed by atoms with E-state index in [2.05, 4.69) is 64.2 Å². The number of nitrogens with zero attached hydrogens (tertiary/aromatic N) is 4. The van der Waals surface area contributed by atoms with Crippen molar-refractivity contribution in [3.8, 4) is 0 Å². The van der Waals surface area contributed by atoms with Crippen LogP contribution in [0.25, 0.3) is 0 Å². The normalized spacial score (nSPS) is 43.6. The molecule has 0 spiro atoms. The Morgan fingerprint density at radius 1 is 1.13 bits per heavy atom. The van der Waals surface area contributed by atoms with Crippen molar-refractivity contribution in [3.63, 3.8) is 0 Å². The summed E-state index contributed by atoms with van der Waals surface area (Å²) in [4.78, 5) is 33.0. The quantitative estimate of drug-likeness (QED) is 0.301. The maximum Gasteiger partial charge on any atom is 0.320 e. The van der Waals surface area contributed by atoms with E-state index in [4.69, 9.17) is 0 Å². The van der Waals surface area contributed by atoms with Gasteiger partial charge in [-0.05, 0) is 69.9 Å². The van der Waals surface area contributed by atoms with E-state index in [9.17, 15) is 9.59 Å². The Bertz CT molecular complexity index is 1190. The minimum atomic E-state index is -1.28. The van der Waals surface area contributed by atoms with Crippen LogP contribution in [-0.2, 0) is 4.79 Å². The molecule has 0 radical (unpaired) electrons.